The van der Waals surface area contributed by atoms with Crippen LogP contribution in [0.15, 0.2) is 23.6 Å². The van der Waals surface area contributed by atoms with E-state index in [1.54, 1.807) is 17.2 Å². The summed E-state index contributed by atoms with van der Waals surface area (Å²) in [6, 6.07) is 5.87. The summed E-state index contributed by atoms with van der Waals surface area (Å²) in [4.78, 5) is 29.5. The maximum absolute atomic E-state index is 11.7. The van der Waals surface area contributed by atoms with Crippen molar-refractivity contribution >= 4 is 68.8 Å². The van der Waals surface area contributed by atoms with Crippen molar-refractivity contribution in [2.75, 3.05) is 16.8 Å². The first-order valence-corrected chi connectivity index (χ1v) is 9.02. The number of carbonyl (C=O) groups is 2. The lowest BCUT2D eigenvalue weighted by Crippen LogP contribution is -2.26. The van der Waals surface area contributed by atoms with Crippen LogP contribution in [0.5, 0.6) is 0 Å². The van der Waals surface area contributed by atoms with Gasteiger partial charge in [-0.05, 0) is 18.1 Å². The molecule has 0 aliphatic carbocycles. The quantitative estimate of drug-likeness (QED) is 0.769. The van der Waals surface area contributed by atoms with Crippen molar-refractivity contribution in [3.8, 4) is 11.3 Å². The number of halogens is 3. The summed E-state index contributed by atoms with van der Waals surface area (Å²) in [5.74, 6) is -0.745. The summed E-state index contributed by atoms with van der Waals surface area (Å²) in [6.07, 6.45) is 0.844. The lowest BCUT2D eigenvalue weighted by atomic mass is 10.1. The van der Waals surface area contributed by atoms with E-state index in [0.717, 1.165) is 23.2 Å². The molecule has 9 heteroatoms. The molecule has 2 aromatic rings. The summed E-state index contributed by atoms with van der Waals surface area (Å²) >= 11 is 17.8. The van der Waals surface area contributed by atoms with Gasteiger partial charge in [-0.1, -0.05) is 46.9 Å². The van der Waals surface area contributed by atoms with Crippen LogP contribution >= 0.6 is 46.1 Å². The van der Waals surface area contributed by atoms with Gasteiger partial charge in [0.15, 0.2) is 5.13 Å². The van der Waals surface area contributed by atoms with Crippen molar-refractivity contribution in [1.29, 1.82) is 0 Å². The van der Waals surface area contributed by atoms with E-state index in [2.05, 4.69) is 10.3 Å². The molecule has 126 valence electrons. The minimum absolute atomic E-state index is 0.0137. The van der Waals surface area contributed by atoms with E-state index in [1.807, 2.05) is 18.2 Å². The van der Waals surface area contributed by atoms with Crippen molar-refractivity contribution in [3.05, 3.63) is 29.1 Å². The Morgan fingerprint density at radius 3 is 2.75 bits per heavy atom. The van der Waals surface area contributed by atoms with Gasteiger partial charge in [-0.15, -0.1) is 11.3 Å². The standard InChI is InChI=1S/C15H12Cl3N3O2S/c1-8(22)21-5-4-9-2-3-10(6-12(9)21)11-7-24-14(19-11)20-13(23)15(16,17)18/h2-3,6-7H,4-5H2,1H3,(H,19,20,23). The molecule has 1 aliphatic rings. The molecule has 0 bridgehead atoms. The van der Waals surface area contributed by atoms with Crippen LogP contribution in [0.1, 0.15) is 12.5 Å². The monoisotopic (exact) mass is 403 g/mol. The Kier molecular flexibility index (Phi) is 4.75. The van der Waals surface area contributed by atoms with E-state index >= 15 is 0 Å². The molecule has 2 heterocycles. The number of alkyl halides is 3. The number of nitrogens with one attached hydrogen (secondary N) is 1. The average Bonchev–Trinajstić information content (AvgIpc) is 3.11. The van der Waals surface area contributed by atoms with Gasteiger partial charge in [0.1, 0.15) is 0 Å². The summed E-state index contributed by atoms with van der Waals surface area (Å²) in [7, 11) is 0. The molecule has 24 heavy (non-hydrogen) atoms. The summed E-state index contributed by atoms with van der Waals surface area (Å²) in [5, 5.41) is 4.59. The predicted molar refractivity (Wildman–Crippen MR) is 98.2 cm³/mol. The first kappa shape index (κ1) is 17.5. The Balaban J connectivity index is 1.85. The molecule has 0 atom stereocenters. The first-order valence-electron chi connectivity index (χ1n) is 7.01. The van der Waals surface area contributed by atoms with E-state index in [1.165, 1.54) is 11.3 Å². The first-order chi connectivity index (χ1) is 11.3. The molecule has 5 nitrogen and oxygen atoms in total. The van der Waals surface area contributed by atoms with Gasteiger partial charge in [0, 0.05) is 30.1 Å². The lowest BCUT2D eigenvalue weighted by molar-refractivity contribution is -0.116. The fraction of sp³-hybridized carbons (Fsp3) is 0.267. The van der Waals surface area contributed by atoms with Gasteiger partial charge in [-0.2, -0.15) is 0 Å². The van der Waals surface area contributed by atoms with E-state index in [4.69, 9.17) is 34.8 Å². The largest absolute Gasteiger partial charge is 0.312 e. The Morgan fingerprint density at radius 2 is 2.08 bits per heavy atom. The van der Waals surface area contributed by atoms with Gasteiger partial charge in [0.05, 0.1) is 5.69 Å². The van der Waals surface area contributed by atoms with E-state index in [9.17, 15) is 9.59 Å². The van der Waals surface area contributed by atoms with Crippen molar-refractivity contribution in [3.63, 3.8) is 0 Å². The molecule has 1 aliphatic heterocycles. The summed E-state index contributed by atoms with van der Waals surface area (Å²) < 4.78 is -2.04. The molecule has 2 amide bonds. The van der Waals surface area contributed by atoms with Crippen molar-refractivity contribution in [1.82, 2.24) is 4.98 Å². The number of carbonyl (C=O) groups excluding carboxylic acids is 2. The zero-order valence-corrected chi connectivity index (χ0v) is 15.6. The van der Waals surface area contributed by atoms with Crippen molar-refractivity contribution in [2.24, 2.45) is 0 Å². The third-order valence-electron chi connectivity index (χ3n) is 3.64. The lowest BCUT2D eigenvalue weighted by Gasteiger charge is -2.15. The topological polar surface area (TPSA) is 62.3 Å². The number of thiazole rings is 1. The molecule has 1 N–H and O–H groups in total. The third kappa shape index (κ3) is 3.52. The second kappa shape index (κ2) is 6.52. The molecule has 0 saturated heterocycles. The van der Waals surface area contributed by atoms with Gasteiger partial charge in [-0.3, -0.25) is 14.9 Å². The number of hydrogen-bond donors (Lipinski definition) is 1. The maximum Gasteiger partial charge on any atom is 0.278 e. The number of amides is 2. The highest BCUT2D eigenvalue weighted by Gasteiger charge is 2.31. The number of hydrogen-bond acceptors (Lipinski definition) is 4. The molecule has 3 rings (SSSR count). The van der Waals surface area contributed by atoms with Crippen LogP contribution < -0.4 is 10.2 Å². The van der Waals surface area contributed by atoms with Crippen LogP contribution in [0.4, 0.5) is 10.8 Å². The van der Waals surface area contributed by atoms with Gasteiger partial charge < -0.3 is 4.90 Å². The number of benzene rings is 1. The molecular formula is C15H12Cl3N3O2S. The molecule has 0 fully saturated rings. The molecule has 0 unspecified atom stereocenters. The average molecular weight is 405 g/mol. The molecule has 1 aromatic carbocycles. The molecular weight excluding hydrogens is 393 g/mol. The van der Waals surface area contributed by atoms with Crippen molar-refractivity contribution in [2.45, 2.75) is 17.1 Å². The van der Waals surface area contributed by atoms with Crippen molar-refractivity contribution < 1.29 is 9.59 Å². The molecule has 1 aromatic heterocycles. The van der Waals surface area contributed by atoms with Crippen LogP contribution in [0.3, 0.4) is 0 Å². The molecule has 0 saturated carbocycles. The Hall–Kier alpha value is -1.34. The number of fused-ring (bicyclic) bond motifs is 1. The summed E-state index contributed by atoms with van der Waals surface area (Å²) in [6.45, 7) is 2.24. The zero-order chi connectivity index (χ0) is 17.5. The van der Waals surface area contributed by atoms with Gasteiger partial charge in [-0.25, -0.2) is 4.98 Å². The van der Waals surface area contributed by atoms with Crippen LogP contribution in [-0.4, -0.2) is 27.1 Å². The number of rotatable bonds is 2. The highest BCUT2D eigenvalue weighted by molar-refractivity contribution is 7.14. The Labute approximate surface area is 157 Å². The Bertz CT molecular complexity index is 817. The minimum Gasteiger partial charge on any atom is -0.312 e. The maximum atomic E-state index is 11.7. The van der Waals surface area contributed by atoms with E-state index in [0.29, 0.717) is 17.4 Å². The van der Waals surface area contributed by atoms with Gasteiger partial charge in [0.2, 0.25) is 5.91 Å². The van der Waals surface area contributed by atoms with Crippen LogP contribution in [-0.2, 0) is 16.0 Å². The highest BCUT2D eigenvalue weighted by atomic mass is 35.6. The fourth-order valence-electron chi connectivity index (χ4n) is 2.50. The number of nitrogens with zero attached hydrogens (tertiary/aromatic N) is 2. The number of anilines is 2. The molecule has 0 radical (unpaired) electrons. The van der Waals surface area contributed by atoms with Crippen LogP contribution in [0.2, 0.25) is 0 Å². The number of aromatic nitrogens is 1. The van der Waals surface area contributed by atoms with Crippen LogP contribution in [0, 0.1) is 0 Å². The summed E-state index contributed by atoms with van der Waals surface area (Å²) in [5.41, 5.74) is 3.57. The smallest absolute Gasteiger partial charge is 0.278 e. The molecule has 0 spiro atoms. The normalized spacial score (nSPS) is 13.8. The minimum atomic E-state index is -2.04. The van der Waals surface area contributed by atoms with E-state index in [-0.39, 0.29) is 5.91 Å². The third-order valence-corrected chi connectivity index (χ3v) is 4.91. The second-order valence-corrected chi connectivity index (χ2v) is 8.39. The highest BCUT2D eigenvalue weighted by Crippen LogP contribution is 2.34. The second-order valence-electron chi connectivity index (χ2n) is 5.25. The fourth-order valence-corrected chi connectivity index (χ4v) is 3.35. The van der Waals surface area contributed by atoms with Crippen LogP contribution in [0.25, 0.3) is 11.3 Å². The van der Waals surface area contributed by atoms with Gasteiger partial charge >= 0.3 is 0 Å². The predicted octanol–water partition coefficient (Wildman–Crippen LogP) is 4.03. The van der Waals surface area contributed by atoms with Gasteiger partial charge in [0.25, 0.3) is 9.70 Å². The SMILES string of the molecule is CC(=O)N1CCc2ccc(-c3csc(NC(=O)C(Cl)(Cl)Cl)n3)cc21. The Morgan fingerprint density at radius 1 is 1.33 bits per heavy atom. The van der Waals surface area contributed by atoms with E-state index < -0.39 is 9.70 Å². The zero-order valence-electron chi connectivity index (χ0n) is 12.5.